The number of fused-ring (bicyclic) bond motifs is 1. The van der Waals surface area contributed by atoms with Gasteiger partial charge >= 0.3 is 0 Å². The van der Waals surface area contributed by atoms with E-state index in [-0.39, 0.29) is 18.0 Å². The minimum atomic E-state index is -0.178. The summed E-state index contributed by atoms with van der Waals surface area (Å²) in [5.74, 6) is 0.753. The Morgan fingerprint density at radius 3 is 2.59 bits per heavy atom. The highest BCUT2D eigenvalue weighted by atomic mass is 32.1. The van der Waals surface area contributed by atoms with Gasteiger partial charge < -0.3 is 14.5 Å². The van der Waals surface area contributed by atoms with E-state index in [2.05, 4.69) is 9.88 Å². The van der Waals surface area contributed by atoms with Gasteiger partial charge in [0.05, 0.1) is 18.3 Å². The van der Waals surface area contributed by atoms with Gasteiger partial charge in [-0.05, 0) is 31.7 Å². The summed E-state index contributed by atoms with van der Waals surface area (Å²) in [6, 6.07) is 7.68. The molecule has 0 radical (unpaired) electrons. The monoisotopic (exact) mass is 412 g/mol. The highest BCUT2D eigenvalue weighted by Gasteiger charge is 2.21. The van der Waals surface area contributed by atoms with Crippen LogP contribution in [0.2, 0.25) is 0 Å². The Kier molecular flexibility index (Phi) is 5.64. The number of carbonyl (C=O) groups is 1. The number of ether oxygens (including phenoxy) is 1. The summed E-state index contributed by atoms with van der Waals surface area (Å²) in [5, 5.41) is 2.51. The predicted molar refractivity (Wildman–Crippen MR) is 115 cm³/mol. The molecule has 1 saturated heterocycles. The molecule has 1 fully saturated rings. The Labute approximate surface area is 173 Å². The van der Waals surface area contributed by atoms with E-state index < -0.39 is 0 Å². The lowest BCUT2D eigenvalue weighted by Gasteiger charge is -2.32. The van der Waals surface area contributed by atoms with Crippen molar-refractivity contribution in [2.45, 2.75) is 13.5 Å². The van der Waals surface area contributed by atoms with Crippen LogP contribution >= 0.6 is 11.3 Å². The van der Waals surface area contributed by atoms with E-state index in [4.69, 9.17) is 4.74 Å². The first-order chi connectivity index (χ1) is 14.1. The van der Waals surface area contributed by atoms with Crippen LogP contribution in [-0.4, -0.2) is 65.1 Å². The fourth-order valence-corrected chi connectivity index (χ4v) is 4.40. The molecular weight excluding hydrogens is 388 g/mol. The number of likely N-dealkylation sites (N-methyl/N-ethyl adjacent to an activating group) is 1. The summed E-state index contributed by atoms with van der Waals surface area (Å²) in [6.45, 7) is 5.65. The number of benzene rings is 1. The molecule has 3 heterocycles. The van der Waals surface area contributed by atoms with Gasteiger partial charge in [0.1, 0.15) is 17.1 Å². The Bertz CT molecular complexity index is 1070. The number of thiophene rings is 1. The van der Waals surface area contributed by atoms with Gasteiger partial charge in [-0.15, -0.1) is 11.3 Å². The lowest BCUT2D eigenvalue weighted by Crippen LogP contribution is -2.48. The van der Waals surface area contributed by atoms with Crippen LogP contribution in [0.15, 0.2) is 40.8 Å². The second-order valence-corrected chi connectivity index (χ2v) is 8.01. The van der Waals surface area contributed by atoms with Gasteiger partial charge in [-0.1, -0.05) is 12.1 Å². The van der Waals surface area contributed by atoms with Crippen LogP contribution in [0.25, 0.3) is 21.3 Å². The van der Waals surface area contributed by atoms with Gasteiger partial charge in [-0.3, -0.25) is 14.2 Å². The van der Waals surface area contributed by atoms with Crippen LogP contribution in [0, 0.1) is 0 Å². The first-order valence-corrected chi connectivity index (χ1v) is 10.6. The number of nitrogens with zero attached hydrogens (tertiary/aromatic N) is 4. The van der Waals surface area contributed by atoms with Gasteiger partial charge in [-0.25, -0.2) is 4.98 Å². The molecule has 1 aliphatic rings. The van der Waals surface area contributed by atoms with Crippen molar-refractivity contribution >= 4 is 27.5 Å². The number of carbonyl (C=O) groups excluding carboxylic acids is 1. The van der Waals surface area contributed by atoms with Crippen molar-refractivity contribution in [3.05, 3.63) is 46.3 Å². The molecule has 29 heavy (non-hydrogen) atoms. The Morgan fingerprint density at radius 2 is 1.90 bits per heavy atom. The maximum Gasteiger partial charge on any atom is 0.263 e. The molecule has 152 valence electrons. The van der Waals surface area contributed by atoms with E-state index in [0.29, 0.717) is 29.9 Å². The van der Waals surface area contributed by atoms with E-state index >= 15 is 0 Å². The molecule has 0 atom stereocenters. The third kappa shape index (κ3) is 4.04. The van der Waals surface area contributed by atoms with Gasteiger partial charge in [0, 0.05) is 37.1 Å². The van der Waals surface area contributed by atoms with Crippen LogP contribution in [0.5, 0.6) is 5.75 Å². The average molecular weight is 413 g/mol. The molecule has 0 bridgehead atoms. The molecule has 2 aromatic heterocycles. The van der Waals surface area contributed by atoms with Crippen molar-refractivity contribution in [1.82, 2.24) is 19.4 Å². The van der Waals surface area contributed by atoms with Crippen molar-refractivity contribution in [2.24, 2.45) is 0 Å². The number of amides is 1. The third-order valence-corrected chi connectivity index (χ3v) is 6.08. The zero-order valence-corrected chi connectivity index (χ0v) is 17.4. The minimum Gasteiger partial charge on any atom is -0.494 e. The molecule has 3 aromatic rings. The second kappa shape index (κ2) is 8.34. The Morgan fingerprint density at radius 1 is 1.17 bits per heavy atom. The van der Waals surface area contributed by atoms with E-state index in [9.17, 15) is 9.59 Å². The SMILES string of the molecule is CCOc1ccc(-c2csc3ncn(CC(=O)N4CCN(C)CC4)c(=O)c23)cc1. The highest BCUT2D eigenvalue weighted by molar-refractivity contribution is 7.17. The number of aromatic nitrogens is 2. The van der Waals surface area contributed by atoms with Crippen molar-refractivity contribution < 1.29 is 9.53 Å². The average Bonchev–Trinajstić information content (AvgIpc) is 3.16. The molecule has 1 amide bonds. The zero-order chi connectivity index (χ0) is 20.4. The fraction of sp³-hybridized carbons (Fsp3) is 0.381. The Hall–Kier alpha value is -2.71. The summed E-state index contributed by atoms with van der Waals surface area (Å²) in [7, 11) is 2.04. The fourth-order valence-electron chi connectivity index (χ4n) is 3.49. The highest BCUT2D eigenvalue weighted by Crippen LogP contribution is 2.31. The maximum absolute atomic E-state index is 13.1. The minimum absolute atomic E-state index is 0.0179. The summed E-state index contributed by atoms with van der Waals surface area (Å²) >= 11 is 1.44. The standard InChI is InChI=1S/C21H24N4O3S/c1-3-28-16-6-4-15(5-7-16)17-13-29-20-19(17)21(27)25(14-22-20)12-18(26)24-10-8-23(2)9-11-24/h4-7,13-14H,3,8-12H2,1-2H3. The molecule has 4 rings (SSSR count). The molecular formula is C21H24N4O3S. The van der Waals surface area contributed by atoms with E-state index in [0.717, 1.165) is 30.0 Å². The predicted octanol–water partition coefficient (Wildman–Crippen LogP) is 2.30. The van der Waals surface area contributed by atoms with Gasteiger partial charge in [-0.2, -0.15) is 0 Å². The largest absolute Gasteiger partial charge is 0.494 e. The van der Waals surface area contributed by atoms with Crippen molar-refractivity contribution in [1.29, 1.82) is 0 Å². The van der Waals surface area contributed by atoms with Gasteiger partial charge in [0.25, 0.3) is 5.56 Å². The summed E-state index contributed by atoms with van der Waals surface area (Å²) in [6.07, 6.45) is 1.48. The van der Waals surface area contributed by atoms with Crippen LogP contribution in [-0.2, 0) is 11.3 Å². The third-order valence-electron chi connectivity index (χ3n) is 5.20. The molecule has 0 N–H and O–H groups in total. The lowest BCUT2D eigenvalue weighted by atomic mass is 10.1. The smallest absolute Gasteiger partial charge is 0.263 e. The number of rotatable bonds is 5. The zero-order valence-electron chi connectivity index (χ0n) is 16.6. The number of hydrogen-bond acceptors (Lipinski definition) is 6. The Balaban J connectivity index is 1.62. The molecule has 7 nitrogen and oxygen atoms in total. The number of hydrogen-bond donors (Lipinski definition) is 0. The molecule has 0 unspecified atom stereocenters. The van der Waals surface area contributed by atoms with Gasteiger partial charge in [0.15, 0.2) is 0 Å². The van der Waals surface area contributed by atoms with Crippen LogP contribution in [0.4, 0.5) is 0 Å². The molecule has 0 spiro atoms. The van der Waals surface area contributed by atoms with Crippen LogP contribution < -0.4 is 10.3 Å². The van der Waals surface area contributed by atoms with E-state index in [1.165, 1.54) is 22.2 Å². The number of piperazine rings is 1. The van der Waals surface area contributed by atoms with Gasteiger partial charge in [0.2, 0.25) is 5.91 Å². The normalized spacial score (nSPS) is 15.0. The van der Waals surface area contributed by atoms with E-state index in [1.807, 2.05) is 48.5 Å². The molecule has 1 aromatic carbocycles. The first-order valence-electron chi connectivity index (χ1n) is 9.73. The van der Waals surface area contributed by atoms with Crippen molar-refractivity contribution in [3.8, 4) is 16.9 Å². The van der Waals surface area contributed by atoms with Crippen LogP contribution in [0.1, 0.15) is 6.92 Å². The van der Waals surface area contributed by atoms with Crippen molar-refractivity contribution in [3.63, 3.8) is 0 Å². The molecule has 1 aliphatic heterocycles. The summed E-state index contributed by atoms with van der Waals surface area (Å²) in [4.78, 5) is 34.9. The van der Waals surface area contributed by atoms with Crippen molar-refractivity contribution in [2.75, 3.05) is 39.8 Å². The topological polar surface area (TPSA) is 67.7 Å². The summed E-state index contributed by atoms with van der Waals surface area (Å²) in [5.41, 5.74) is 1.59. The first kappa shape index (κ1) is 19.6. The van der Waals surface area contributed by atoms with E-state index in [1.54, 1.807) is 0 Å². The maximum atomic E-state index is 13.1. The van der Waals surface area contributed by atoms with Crippen LogP contribution in [0.3, 0.4) is 0 Å². The lowest BCUT2D eigenvalue weighted by molar-refractivity contribution is -0.133. The summed E-state index contributed by atoms with van der Waals surface area (Å²) < 4.78 is 6.92. The molecule has 0 aliphatic carbocycles. The quantitative estimate of drug-likeness (QED) is 0.643. The second-order valence-electron chi connectivity index (χ2n) is 7.15. The molecule has 8 heteroatoms. The molecule has 0 saturated carbocycles.